The monoisotopic (exact) mass is 366 g/mol. The van der Waals surface area contributed by atoms with Crippen molar-refractivity contribution in [1.82, 2.24) is 9.88 Å². The van der Waals surface area contributed by atoms with Crippen LogP contribution in [0.25, 0.3) is 10.9 Å². The van der Waals surface area contributed by atoms with Gasteiger partial charge < -0.3 is 9.30 Å². The first-order valence-electron chi connectivity index (χ1n) is 8.35. The van der Waals surface area contributed by atoms with Crippen LogP contribution in [0.5, 0.6) is 5.75 Å². The highest BCUT2D eigenvalue weighted by molar-refractivity contribution is 8.15. The zero-order valence-electron chi connectivity index (χ0n) is 14.3. The molecule has 1 atom stereocenters. The van der Waals surface area contributed by atoms with Crippen molar-refractivity contribution in [1.29, 1.82) is 0 Å². The predicted octanol–water partition coefficient (Wildman–Crippen LogP) is 3.59. The number of thioether (sulfide) groups is 1. The quantitative estimate of drug-likeness (QED) is 0.750. The molecule has 0 spiro atoms. The number of para-hydroxylation sites is 1. The van der Waals surface area contributed by atoms with Gasteiger partial charge in [0.1, 0.15) is 5.75 Å². The Kier molecular flexibility index (Phi) is 4.42. The van der Waals surface area contributed by atoms with Crippen molar-refractivity contribution in [2.75, 3.05) is 7.11 Å². The number of fused-ring (bicyclic) bond motifs is 1. The van der Waals surface area contributed by atoms with E-state index in [1.807, 2.05) is 30.3 Å². The lowest BCUT2D eigenvalue weighted by Gasteiger charge is -2.07. The van der Waals surface area contributed by atoms with Crippen LogP contribution in [-0.2, 0) is 17.8 Å². The second-order valence-electron chi connectivity index (χ2n) is 6.24. The molecule has 1 aliphatic heterocycles. The van der Waals surface area contributed by atoms with E-state index in [1.54, 1.807) is 7.11 Å². The van der Waals surface area contributed by atoms with Crippen LogP contribution in [-0.4, -0.2) is 28.1 Å². The molecule has 2 amide bonds. The molecule has 1 aromatic heterocycles. The van der Waals surface area contributed by atoms with Crippen molar-refractivity contribution >= 4 is 33.8 Å². The van der Waals surface area contributed by atoms with Crippen LogP contribution >= 0.6 is 11.8 Å². The van der Waals surface area contributed by atoms with Gasteiger partial charge in [-0.1, -0.05) is 42.1 Å². The van der Waals surface area contributed by atoms with Gasteiger partial charge >= 0.3 is 0 Å². The van der Waals surface area contributed by atoms with Crippen LogP contribution in [0.3, 0.4) is 0 Å². The Labute approximate surface area is 155 Å². The maximum Gasteiger partial charge on any atom is 0.286 e. The highest BCUT2D eigenvalue weighted by Gasteiger charge is 2.32. The number of ether oxygens (including phenoxy) is 1. The van der Waals surface area contributed by atoms with Crippen LogP contribution in [0.1, 0.15) is 11.1 Å². The molecule has 5 nitrogen and oxygen atoms in total. The SMILES string of the molecule is COc1cccc(Cn2cc(CC3SC(=O)NC3=O)c3ccccc32)c1. The largest absolute Gasteiger partial charge is 0.497 e. The maximum absolute atomic E-state index is 11.9. The van der Waals surface area contributed by atoms with E-state index in [0.717, 1.165) is 39.5 Å². The Hall–Kier alpha value is -2.73. The van der Waals surface area contributed by atoms with Crippen LogP contribution in [0, 0.1) is 0 Å². The summed E-state index contributed by atoms with van der Waals surface area (Å²) in [5.41, 5.74) is 3.32. The van der Waals surface area contributed by atoms with Crippen LogP contribution in [0.15, 0.2) is 54.7 Å². The van der Waals surface area contributed by atoms with Gasteiger partial charge in [0.2, 0.25) is 5.91 Å². The molecular weight excluding hydrogens is 348 g/mol. The fraction of sp³-hybridized carbons (Fsp3) is 0.200. The summed E-state index contributed by atoms with van der Waals surface area (Å²) < 4.78 is 7.49. The summed E-state index contributed by atoms with van der Waals surface area (Å²) in [6.45, 7) is 0.709. The van der Waals surface area contributed by atoms with E-state index in [9.17, 15) is 9.59 Å². The first-order valence-corrected chi connectivity index (χ1v) is 9.23. The smallest absolute Gasteiger partial charge is 0.286 e. The average molecular weight is 366 g/mol. The Morgan fingerprint density at radius 3 is 2.77 bits per heavy atom. The molecule has 1 saturated heterocycles. The zero-order valence-corrected chi connectivity index (χ0v) is 15.1. The molecule has 26 heavy (non-hydrogen) atoms. The normalized spacial score (nSPS) is 16.9. The molecule has 1 N–H and O–H groups in total. The van der Waals surface area contributed by atoms with Crippen molar-refractivity contribution in [3.8, 4) is 5.75 Å². The molecule has 1 aliphatic rings. The summed E-state index contributed by atoms with van der Waals surface area (Å²) in [5, 5.41) is 2.85. The molecule has 0 radical (unpaired) electrons. The zero-order chi connectivity index (χ0) is 18.1. The molecule has 132 valence electrons. The van der Waals surface area contributed by atoms with Crippen molar-refractivity contribution < 1.29 is 14.3 Å². The summed E-state index contributed by atoms with van der Waals surface area (Å²) in [7, 11) is 1.66. The fourth-order valence-electron chi connectivity index (χ4n) is 3.31. The van der Waals surface area contributed by atoms with Crippen molar-refractivity contribution in [3.05, 3.63) is 65.9 Å². The minimum atomic E-state index is -0.362. The third-order valence-corrected chi connectivity index (χ3v) is 5.51. The van der Waals surface area contributed by atoms with E-state index in [2.05, 4.69) is 34.3 Å². The van der Waals surface area contributed by atoms with Crippen molar-refractivity contribution in [2.24, 2.45) is 0 Å². The first-order chi connectivity index (χ1) is 12.6. The highest BCUT2D eigenvalue weighted by Crippen LogP contribution is 2.29. The lowest BCUT2D eigenvalue weighted by Crippen LogP contribution is -2.25. The van der Waals surface area contributed by atoms with E-state index in [-0.39, 0.29) is 16.4 Å². The number of rotatable bonds is 5. The van der Waals surface area contributed by atoms with Gasteiger partial charge in [0.25, 0.3) is 5.24 Å². The molecular formula is C20H18N2O3S. The third-order valence-electron chi connectivity index (χ3n) is 4.53. The molecule has 1 fully saturated rings. The first kappa shape index (κ1) is 16.7. The number of amides is 2. The molecule has 2 aromatic carbocycles. The molecule has 0 bridgehead atoms. The van der Waals surface area contributed by atoms with Gasteiger partial charge in [-0.05, 0) is 35.7 Å². The second-order valence-corrected chi connectivity index (χ2v) is 7.41. The lowest BCUT2D eigenvalue weighted by atomic mass is 10.1. The van der Waals surface area contributed by atoms with Gasteiger partial charge in [-0.3, -0.25) is 14.9 Å². The maximum atomic E-state index is 11.9. The summed E-state index contributed by atoms with van der Waals surface area (Å²) in [4.78, 5) is 23.4. The summed E-state index contributed by atoms with van der Waals surface area (Å²) in [5.74, 6) is 0.626. The van der Waals surface area contributed by atoms with Crippen LogP contribution < -0.4 is 10.1 Å². The van der Waals surface area contributed by atoms with E-state index < -0.39 is 0 Å². The minimum absolute atomic E-state index is 0.204. The summed E-state index contributed by atoms with van der Waals surface area (Å²) in [6.07, 6.45) is 2.62. The van der Waals surface area contributed by atoms with E-state index in [1.165, 1.54) is 0 Å². The third kappa shape index (κ3) is 3.20. The number of hydrogen-bond acceptors (Lipinski definition) is 4. The Bertz CT molecular complexity index is 996. The standard InChI is InChI=1S/C20H18N2O3S/c1-25-15-6-4-5-13(9-15)11-22-12-14(16-7-2-3-8-17(16)22)10-18-19(23)21-20(24)26-18/h2-9,12,18H,10-11H2,1H3,(H,21,23,24). The highest BCUT2D eigenvalue weighted by atomic mass is 32.2. The fourth-order valence-corrected chi connectivity index (χ4v) is 4.16. The van der Waals surface area contributed by atoms with E-state index in [4.69, 9.17) is 4.74 Å². The molecule has 2 heterocycles. The minimum Gasteiger partial charge on any atom is -0.497 e. The lowest BCUT2D eigenvalue weighted by molar-refractivity contribution is -0.118. The number of nitrogens with one attached hydrogen (secondary N) is 1. The molecule has 4 rings (SSSR count). The molecule has 6 heteroatoms. The Morgan fingerprint density at radius 1 is 1.15 bits per heavy atom. The molecule has 0 saturated carbocycles. The summed E-state index contributed by atoms with van der Waals surface area (Å²) in [6, 6.07) is 16.1. The number of imide groups is 1. The average Bonchev–Trinajstić information content (AvgIpc) is 3.15. The summed E-state index contributed by atoms with van der Waals surface area (Å²) >= 11 is 1.07. The van der Waals surface area contributed by atoms with E-state index >= 15 is 0 Å². The van der Waals surface area contributed by atoms with Gasteiger partial charge in [0, 0.05) is 23.6 Å². The number of methoxy groups -OCH3 is 1. The Morgan fingerprint density at radius 2 is 2.00 bits per heavy atom. The van der Waals surface area contributed by atoms with Gasteiger partial charge in [-0.2, -0.15) is 0 Å². The number of aromatic nitrogens is 1. The van der Waals surface area contributed by atoms with Gasteiger partial charge in [-0.15, -0.1) is 0 Å². The van der Waals surface area contributed by atoms with Gasteiger partial charge in [0.05, 0.1) is 12.4 Å². The number of carbonyl (C=O) groups excluding carboxylic acids is 2. The topological polar surface area (TPSA) is 60.3 Å². The predicted molar refractivity (Wildman–Crippen MR) is 103 cm³/mol. The number of nitrogens with zero attached hydrogens (tertiary/aromatic N) is 1. The number of hydrogen-bond donors (Lipinski definition) is 1. The van der Waals surface area contributed by atoms with Crippen LogP contribution in [0.2, 0.25) is 0 Å². The van der Waals surface area contributed by atoms with Gasteiger partial charge in [0.15, 0.2) is 0 Å². The van der Waals surface area contributed by atoms with Gasteiger partial charge in [-0.25, -0.2) is 0 Å². The second kappa shape index (κ2) is 6.88. The Balaban J connectivity index is 1.67. The van der Waals surface area contributed by atoms with E-state index in [0.29, 0.717) is 13.0 Å². The van der Waals surface area contributed by atoms with Crippen molar-refractivity contribution in [2.45, 2.75) is 18.2 Å². The molecule has 0 aliphatic carbocycles. The number of benzene rings is 2. The number of carbonyl (C=O) groups is 2. The molecule has 1 unspecified atom stereocenters. The van der Waals surface area contributed by atoms with Crippen molar-refractivity contribution in [3.63, 3.8) is 0 Å². The van der Waals surface area contributed by atoms with Crippen LogP contribution in [0.4, 0.5) is 4.79 Å². The molecule has 3 aromatic rings.